The van der Waals surface area contributed by atoms with Crippen molar-refractivity contribution < 1.29 is 28.4 Å². The average molecular weight is 571 g/mol. The Hall–Kier alpha value is -4.32. The summed E-state index contributed by atoms with van der Waals surface area (Å²) in [6.07, 6.45) is 9.70. The zero-order valence-corrected chi connectivity index (χ0v) is 26.2. The summed E-state index contributed by atoms with van der Waals surface area (Å²) in [5.74, 6) is 5.08. The zero-order chi connectivity index (χ0) is 30.4. The molecular formula is C36H42O6. The first-order chi connectivity index (χ1) is 20.0. The van der Waals surface area contributed by atoms with E-state index in [1.54, 1.807) is 21.3 Å². The second-order valence-electron chi connectivity index (χ2n) is 11.3. The van der Waals surface area contributed by atoms with Crippen molar-refractivity contribution in [3.05, 3.63) is 88.5 Å². The molecule has 1 heterocycles. The summed E-state index contributed by atoms with van der Waals surface area (Å²) < 4.78 is 36.7. The first kappa shape index (κ1) is 30.6. The van der Waals surface area contributed by atoms with Gasteiger partial charge in [0.05, 0.1) is 21.3 Å². The van der Waals surface area contributed by atoms with Gasteiger partial charge in [-0.05, 0) is 90.8 Å². The van der Waals surface area contributed by atoms with E-state index in [9.17, 15) is 0 Å². The Morgan fingerprint density at radius 2 is 1.29 bits per heavy atom. The smallest absolute Gasteiger partial charge is 0.173 e. The van der Waals surface area contributed by atoms with Crippen LogP contribution in [0.3, 0.4) is 0 Å². The second kappa shape index (κ2) is 13.1. The van der Waals surface area contributed by atoms with E-state index in [0.717, 1.165) is 22.4 Å². The van der Waals surface area contributed by atoms with E-state index in [1.165, 1.54) is 11.1 Å². The Labute approximate surface area is 250 Å². The summed E-state index contributed by atoms with van der Waals surface area (Å²) in [4.78, 5) is 0. The highest BCUT2D eigenvalue weighted by molar-refractivity contribution is 5.69. The lowest BCUT2D eigenvalue weighted by atomic mass is 10.0. The summed E-state index contributed by atoms with van der Waals surface area (Å²) in [5.41, 5.74) is 4.70. The molecular weight excluding hydrogens is 528 g/mol. The molecule has 42 heavy (non-hydrogen) atoms. The quantitative estimate of drug-likeness (QED) is 0.214. The minimum Gasteiger partial charge on any atom is -0.497 e. The molecule has 0 amide bonds. The Morgan fingerprint density at radius 3 is 1.93 bits per heavy atom. The van der Waals surface area contributed by atoms with Gasteiger partial charge in [-0.25, -0.2) is 0 Å². The van der Waals surface area contributed by atoms with Gasteiger partial charge in [0.25, 0.3) is 0 Å². The van der Waals surface area contributed by atoms with Crippen molar-refractivity contribution in [1.82, 2.24) is 0 Å². The van der Waals surface area contributed by atoms with Crippen LogP contribution < -0.4 is 28.4 Å². The zero-order valence-electron chi connectivity index (χ0n) is 26.2. The summed E-state index contributed by atoms with van der Waals surface area (Å²) >= 11 is 0. The third kappa shape index (κ3) is 7.49. The predicted octanol–water partition coefficient (Wildman–Crippen LogP) is 9.50. The van der Waals surface area contributed by atoms with Gasteiger partial charge in [-0.2, -0.15) is 0 Å². The van der Waals surface area contributed by atoms with Crippen molar-refractivity contribution in [2.24, 2.45) is 0 Å². The third-order valence-corrected chi connectivity index (χ3v) is 6.82. The fourth-order valence-corrected chi connectivity index (χ4v) is 4.50. The average Bonchev–Trinajstić information content (AvgIpc) is 2.96. The van der Waals surface area contributed by atoms with Crippen LogP contribution in [0.4, 0.5) is 0 Å². The number of allylic oxidation sites excluding steroid dienone is 4. The molecule has 1 aliphatic rings. The molecule has 0 spiro atoms. The normalized spacial score (nSPS) is 12.9. The summed E-state index contributed by atoms with van der Waals surface area (Å²) in [6, 6.07) is 13.4. The molecule has 0 unspecified atom stereocenters. The van der Waals surface area contributed by atoms with E-state index < -0.39 is 5.60 Å². The number of hydrogen-bond acceptors (Lipinski definition) is 6. The van der Waals surface area contributed by atoms with E-state index in [0.29, 0.717) is 53.1 Å². The van der Waals surface area contributed by atoms with Gasteiger partial charge in [0, 0.05) is 28.8 Å². The van der Waals surface area contributed by atoms with E-state index in [1.807, 2.05) is 68.5 Å². The van der Waals surface area contributed by atoms with E-state index >= 15 is 0 Å². The lowest BCUT2D eigenvalue weighted by molar-refractivity contribution is 0.153. The SMILES string of the molecule is COc1ccc(Oc2cc(OC)cc(CC=C(C)C)c2Oc2cc(OC)cc3c2OC(C)(C)C=C3)c(CC=C(C)C)c1. The Bertz CT molecular complexity index is 1520. The van der Waals surface area contributed by atoms with Crippen molar-refractivity contribution in [1.29, 1.82) is 0 Å². The molecule has 3 aromatic carbocycles. The van der Waals surface area contributed by atoms with Gasteiger partial charge in [0.1, 0.15) is 28.6 Å². The predicted molar refractivity (Wildman–Crippen MR) is 169 cm³/mol. The highest BCUT2D eigenvalue weighted by atomic mass is 16.6. The standard InChI is InChI=1S/C36H42O6/c1-23(2)10-12-25-18-28(37-7)14-15-31(25)40-32-21-29(38-8)19-26(13-11-24(3)4)34(32)41-33-22-30(39-9)20-27-16-17-36(5,6)42-35(27)33/h10-11,14-22H,12-13H2,1-9H3. The van der Waals surface area contributed by atoms with E-state index in [2.05, 4.69) is 39.8 Å². The summed E-state index contributed by atoms with van der Waals surface area (Å²) in [7, 11) is 4.96. The number of methoxy groups -OCH3 is 3. The maximum atomic E-state index is 6.78. The van der Waals surface area contributed by atoms with Crippen molar-refractivity contribution in [2.45, 2.75) is 60.0 Å². The van der Waals surface area contributed by atoms with Gasteiger partial charge >= 0.3 is 0 Å². The minimum absolute atomic E-state index is 0.493. The molecule has 0 saturated carbocycles. The minimum atomic E-state index is -0.493. The lowest BCUT2D eigenvalue weighted by Crippen LogP contribution is -2.27. The lowest BCUT2D eigenvalue weighted by Gasteiger charge is -2.30. The van der Waals surface area contributed by atoms with Crippen LogP contribution in [0.5, 0.6) is 46.0 Å². The second-order valence-corrected chi connectivity index (χ2v) is 11.3. The van der Waals surface area contributed by atoms with Crippen LogP contribution in [0.25, 0.3) is 6.08 Å². The molecule has 0 fully saturated rings. The number of ether oxygens (including phenoxy) is 6. The number of rotatable bonds is 11. The Kier molecular flexibility index (Phi) is 9.56. The van der Waals surface area contributed by atoms with Crippen LogP contribution in [0.2, 0.25) is 0 Å². The Morgan fingerprint density at radius 1 is 0.690 bits per heavy atom. The van der Waals surface area contributed by atoms with Gasteiger partial charge < -0.3 is 28.4 Å². The van der Waals surface area contributed by atoms with E-state index in [4.69, 9.17) is 28.4 Å². The van der Waals surface area contributed by atoms with Gasteiger partial charge in [-0.1, -0.05) is 29.4 Å². The third-order valence-electron chi connectivity index (χ3n) is 6.82. The Balaban J connectivity index is 1.89. The number of benzene rings is 3. The molecule has 6 heteroatoms. The van der Waals surface area contributed by atoms with Gasteiger partial charge in [-0.3, -0.25) is 0 Å². The maximum absolute atomic E-state index is 6.78. The first-order valence-corrected chi connectivity index (χ1v) is 14.1. The topological polar surface area (TPSA) is 55.4 Å². The van der Waals surface area contributed by atoms with Crippen molar-refractivity contribution >= 4 is 6.08 Å². The summed E-state index contributed by atoms with van der Waals surface area (Å²) in [6.45, 7) is 12.3. The fraction of sp³-hybridized carbons (Fsp3) is 0.333. The highest BCUT2D eigenvalue weighted by Gasteiger charge is 2.27. The van der Waals surface area contributed by atoms with Crippen molar-refractivity contribution in [3.63, 3.8) is 0 Å². The molecule has 3 aromatic rings. The largest absolute Gasteiger partial charge is 0.497 e. The van der Waals surface area contributed by atoms with E-state index in [-0.39, 0.29) is 0 Å². The fourth-order valence-electron chi connectivity index (χ4n) is 4.50. The van der Waals surface area contributed by atoms with Gasteiger partial charge in [0.15, 0.2) is 23.0 Å². The van der Waals surface area contributed by atoms with Crippen LogP contribution in [-0.4, -0.2) is 26.9 Å². The molecule has 0 aromatic heterocycles. The van der Waals surface area contributed by atoms with Crippen LogP contribution >= 0.6 is 0 Å². The van der Waals surface area contributed by atoms with Crippen LogP contribution in [0, 0.1) is 0 Å². The molecule has 0 atom stereocenters. The van der Waals surface area contributed by atoms with Crippen LogP contribution in [-0.2, 0) is 12.8 Å². The molecule has 0 radical (unpaired) electrons. The molecule has 222 valence electrons. The first-order valence-electron chi connectivity index (χ1n) is 14.1. The molecule has 1 aliphatic heterocycles. The maximum Gasteiger partial charge on any atom is 0.173 e. The molecule has 0 aliphatic carbocycles. The molecule has 0 bridgehead atoms. The molecule has 0 saturated heterocycles. The highest BCUT2D eigenvalue weighted by Crippen LogP contribution is 2.48. The van der Waals surface area contributed by atoms with Crippen molar-refractivity contribution in [2.75, 3.05) is 21.3 Å². The molecule has 6 nitrogen and oxygen atoms in total. The summed E-state index contributed by atoms with van der Waals surface area (Å²) in [5, 5.41) is 0. The van der Waals surface area contributed by atoms with Gasteiger partial charge in [0.2, 0.25) is 0 Å². The van der Waals surface area contributed by atoms with Crippen LogP contribution in [0.1, 0.15) is 58.2 Å². The number of hydrogen-bond donors (Lipinski definition) is 0. The monoisotopic (exact) mass is 570 g/mol. The van der Waals surface area contributed by atoms with Crippen LogP contribution in [0.15, 0.2) is 71.8 Å². The molecule has 0 N–H and O–H groups in total. The van der Waals surface area contributed by atoms with Gasteiger partial charge in [-0.15, -0.1) is 0 Å². The van der Waals surface area contributed by atoms with Crippen molar-refractivity contribution in [3.8, 4) is 46.0 Å². The molecule has 4 rings (SSSR count). The number of fused-ring (bicyclic) bond motifs is 1.